The van der Waals surface area contributed by atoms with E-state index in [1.165, 1.54) is 0 Å². The largest absolute Gasteiger partial charge is 0.375 e. The van der Waals surface area contributed by atoms with Gasteiger partial charge in [0.1, 0.15) is 5.82 Å². The molecule has 0 spiro atoms. The average molecular weight is 287 g/mol. The molecule has 0 radical (unpaired) electrons. The molecule has 2 nitrogen and oxygen atoms in total. The van der Waals surface area contributed by atoms with E-state index in [9.17, 15) is 4.39 Å². The Morgan fingerprint density at radius 3 is 2.69 bits per heavy atom. The lowest BCUT2D eigenvalue weighted by atomic mass is 10.2. The van der Waals surface area contributed by atoms with Crippen molar-refractivity contribution >= 4 is 21.6 Å². The van der Waals surface area contributed by atoms with Crippen molar-refractivity contribution in [2.24, 2.45) is 0 Å². The quantitative estimate of drug-likeness (QED) is 0.896. The molecule has 0 atom stereocenters. The number of hydrogen-bond acceptors (Lipinski definition) is 2. The molecule has 4 heteroatoms. The Hall–Kier alpha value is -0.870. The van der Waals surface area contributed by atoms with Crippen molar-refractivity contribution in [1.29, 1.82) is 0 Å². The van der Waals surface area contributed by atoms with Crippen LogP contribution in [0, 0.1) is 5.82 Å². The molecule has 0 aliphatic carbocycles. The standard InChI is InChI=1S/C12H16BrFN2/c1-9(13)7-15-8-10-4-5-12(16(2)3)11(14)6-10/h4-6,15H,1,7-8H2,2-3H3. The van der Waals surface area contributed by atoms with Gasteiger partial charge in [0.05, 0.1) is 5.69 Å². The minimum atomic E-state index is -0.193. The van der Waals surface area contributed by atoms with Crippen LogP contribution in [-0.2, 0) is 6.54 Å². The van der Waals surface area contributed by atoms with Crippen LogP contribution in [0.15, 0.2) is 29.3 Å². The Balaban J connectivity index is 2.63. The monoisotopic (exact) mass is 286 g/mol. The van der Waals surface area contributed by atoms with Gasteiger partial charge in [-0.3, -0.25) is 0 Å². The molecule has 0 aliphatic rings. The fraction of sp³-hybridized carbons (Fsp3) is 0.333. The van der Waals surface area contributed by atoms with Crippen LogP contribution in [0.25, 0.3) is 0 Å². The smallest absolute Gasteiger partial charge is 0.146 e. The van der Waals surface area contributed by atoms with Gasteiger partial charge < -0.3 is 10.2 Å². The van der Waals surface area contributed by atoms with E-state index in [0.717, 1.165) is 10.0 Å². The second kappa shape index (κ2) is 6.01. The summed E-state index contributed by atoms with van der Waals surface area (Å²) in [5.74, 6) is -0.193. The SMILES string of the molecule is C=C(Br)CNCc1ccc(N(C)C)c(F)c1. The maximum absolute atomic E-state index is 13.6. The molecule has 0 saturated carbocycles. The highest BCUT2D eigenvalue weighted by Gasteiger charge is 2.04. The molecule has 0 bridgehead atoms. The highest BCUT2D eigenvalue weighted by molar-refractivity contribution is 9.11. The third kappa shape index (κ3) is 3.94. The second-order valence-corrected chi connectivity index (χ2v) is 4.92. The van der Waals surface area contributed by atoms with Crippen molar-refractivity contribution in [1.82, 2.24) is 5.32 Å². The van der Waals surface area contributed by atoms with Gasteiger partial charge >= 0.3 is 0 Å². The summed E-state index contributed by atoms with van der Waals surface area (Å²) < 4.78 is 14.5. The molecule has 0 aliphatic heterocycles. The fourth-order valence-electron chi connectivity index (χ4n) is 1.37. The molecule has 0 heterocycles. The number of benzene rings is 1. The number of rotatable bonds is 5. The van der Waals surface area contributed by atoms with E-state index in [1.54, 1.807) is 17.0 Å². The van der Waals surface area contributed by atoms with Crippen molar-refractivity contribution in [3.05, 3.63) is 40.6 Å². The molecule has 1 N–H and O–H groups in total. The van der Waals surface area contributed by atoms with Crippen LogP contribution in [0.3, 0.4) is 0 Å². The zero-order valence-electron chi connectivity index (χ0n) is 9.56. The van der Waals surface area contributed by atoms with E-state index in [0.29, 0.717) is 18.8 Å². The summed E-state index contributed by atoms with van der Waals surface area (Å²) >= 11 is 3.26. The van der Waals surface area contributed by atoms with Gasteiger partial charge in [-0.1, -0.05) is 28.6 Å². The lowest BCUT2D eigenvalue weighted by Gasteiger charge is -2.14. The lowest BCUT2D eigenvalue weighted by molar-refractivity contribution is 0.621. The van der Waals surface area contributed by atoms with Crippen LogP contribution in [0.1, 0.15) is 5.56 Å². The highest BCUT2D eigenvalue weighted by Crippen LogP contribution is 2.18. The van der Waals surface area contributed by atoms with Crippen LogP contribution >= 0.6 is 15.9 Å². The Labute approximate surface area is 104 Å². The number of nitrogens with zero attached hydrogens (tertiary/aromatic N) is 1. The normalized spacial score (nSPS) is 10.2. The first-order valence-electron chi connectivity index (χ1n) is 5.00. The predicted molar refractivity (Wildman–Crippen MR) is 70.5 cm³/mol. The predicted octanol–water partition coefficient (Wildman–Crippen LogP) is 2.89. The second-order valence-electron chi connectivity index (χ2n) is 3.80. The van der Waals surface area contributed by atoms with Gasteiger partial charge in [0.15, 0.2) is 0 Å². The number of anilines is 1. The maximum atomic E-state index is 13.6. The minimum Gasteiger partial charge on any atom is -0.375 e. The topological polar surface area (TPSA) is 15.3 Å². The summed E-state index contributed by atoms with van der Waals surface area (Å²) in [6.45, 7) is 5.03. The summed E-state index contributed by atoms with van der Waals surface area (Å²) in [4.78, 5) is 1.76. The molecule has 1 aromatic rings. The molecule has 88 valence electrons. The van der Waals surface area contributed by atoms with E-state index in [1.807, 2.05) is 20.2 Å². The van der Waals surface area contributed by atoms with Crippen LogP contribution in [0.2, 0.25) is 0 Å². The van der Waals surface area contributed by atoms with Gasteiger partial charge in [-0.05, 0) is 17.7 Å². The van der Waals surface area contributed by atoms with Gasteiger partial charge in [0, 0.05) is 31.7 Å². The van der Waals surface area contributed by atoms with E-state index in [-0.39, 0.29) is 5.82 Å². The number of halogens is 2. The molecule has 0 aromatic heterocycles. The molecule has 0 amide bonds. The minimum absolute atomic E-state index is 0.193. The van der Waals surface area contributed by atoms with E-state index >= 15 is 0 Å². The van der Waals surface area contributed by atoms with Crippen molar-refractivity contribution in [2.45, 2.75) is 6.54 Å². The first-order valence-corrected chi connectivity index (χ1v) is 5.79. The number of nitrogens with one attached hydrogen (secondary N) is 1. The van der Waals surface area contributed by atoms with Crippen molar-refractivity contribution in [2.75, 3.05) is 25.5 Å². The van der Waals surface area contributed by atoms with Crippen molar-refractivity contribution in [3.63, 3.8) is 0 Å². The van der Waals surface area contributed by atoms with Gasteiger partial charge in [-0.25, -0.2) is 4.39 Å². The van der Waals surface area contributed by atoms with Crippen molar-refractivity contribution in [3.8, 4) is 0 Å². The van der Waals surface area contributed by atoms with E-state index in [4.69, 9.17) is 0 Å². The van der Waals surface area contributed by atoms with Gasteiger partial charge in [0.2, 0.25) is 0 Å². The zero-order valence-corrected chi connectivity index (χ0v) is 11.1. The molecule has 0 unspecified atom stereocenters. The van der Waals surface area contributed by atoms with E-state index in [2.05, 4.69) is 27.8 Å². The third-order valence-electron chi connectivity index (χ3n) is 2.14. The molecule has 1 rings (SSSR count). The molecule has 16 heavy (non-hydrogen) atoms. The summed E-state index contributed by atoms with van der Waals surface area (Å²) in [6.07, 6.45) is 0. The van der Waals surface area contributed by atoms with Crippen LogP contribution in [0.5, 0.6) is 0 Å². The first-order chi connectivity index (χ1) is 7.50. The summed E-state index contributed by atoms with van der Waals surface area (Å²) in [7, 11) is 3.65. The van der Waals surface area contributed by atoms with Crippen molar-refractivity contribution < 1.29 is 4.39 Å². The van der Waals surface area contributed by atoms with E-state index < -0.39 is 0 Å². The Kier molecular flexibility index (Phi) is 4.96. The fourth-order valence-corrected chi connectivity index (χ4v) is 1.56. The summed E-state index contributed by atoms with van der Waals surface area (Å²) in [5, 5.41) is 3.15. The molecular weight excluding hydrogens is 271 g/mol. The van der Waals surface area contributed by atoms with Crippen LogP contribution in [0.4, 0.5) is 10.1 Å². The van der Waals surface area contributed by atoms with Gasteiger partial charge in [-0.2, -0.15) is 0 Å². The third-order valence-corrected chi connectivity index (χ3v) is 2.42. The maximum Gasteiger partial charge on any atom is 0.146 e. The Bertz CT molecular complexity index is 377. The number of hydrogen-bond donors (Lipinski definition) is 1. The molecular formula is C12H16BrFN2. The van der Waals surface area contributed by atoms with Gasteiger partial charge in [0.25, 0.3) is 0 Å². The van der Waals surface area contributed by atoms with Crippen LogP contribution < -0.4 is 10.2 Å². The van der Waals surface area contributed by atoms with Crippen LogP contribution in [-0.4, -0.2) is 20.6 Å². The Morgan fingerprint density at radius 1 is 1.50 bits per heavy atom. The van der Waals surface area contributed by atoms with Gasteiger partial charge in [-0.15, -0.1) is 0 Å². The molecule has 0 fully saturated rings. The molecule has 1 aromatic carbocycles. The Morgan fingerprint density at radius 2 is 2.19 bits per heavy atom. The first kappa shape index (κ1) is 13.2. The highest BCUT2D eigenvalue weighted by atomic mass is 79.9. The zero-order chi connectivity index (χ0) is 12.1. The summed E-state index contributed by atoms with van der Waals surface area (Å²) in [5.41, 5.74) is 1.53. The lowest BCUT2D eigenvalue weighted by Crippen LogP contribution is -2.15. The average Bonchev–Trinajstić information content (AvgIpc) is 2.16. The summed E-state index contributed by atoms with van der Waals surface area (Å²) in [6, 6.07) is 5.26. The molecule has 0 saturated heterocycles.